The predicted octanol–water partition coefficient (Wildman–Crippen LogP) is 1.32. The average Bonchev–Trinajstić information content (AvgIpc) is 2.36. The summed E-state index contributed by atoms with van der Waals surface area (Å²) in [4.78, 5) is 13.8. The van der Waals surface area contributed by atoms with Crippen molar-refractivity contribution in [1.82, 2.24) is 0 Å². The highest BCUT2D eigenvalue weighted by molar-refractivity contribution is 5.97. The molecule has 1 aromatic carbocycles. The molecular weight excluding hydrogens is 216 g/mol. The first-order valence-electron chi connectivity index (χ1n) is 5.87. The Morgan fingerprint density at radius 1 is 1.53 bits per heavy atom. The second kappa shape index (κ2) is 4.75. The van der Waals surface area contributed by atoms with E-state index in [1.165, 1.54) is 0 Å². The molecule has 0 unspecified atom stereocenters. The Kier molecular flexibility index (Phi) is 3.33. The fourth-order valence-electron chi connectivity index (χ4n) is 2.18. The number of carbonyl (C=O) groups excluding carboxylic acids is 1. The zero-order valence-electron chi connectivity index (χ0n) is 10.3. The van der Waals surface area contributed by atoms with Gasteiger partial charge in [-0.05, 0) is 43.5 Å². The predicted molar refractivity (Wildman–Crippen MR) is 67.3 cm³/mol. The minimum Gasteiger partial charge on any atom is -0.497 e. The van der Waals surface area contributed by atoms with Crippen LogP contribution in [0.4, 0.5) is 5.69 Å². The van der Waals surface area contributed by atoms with E-state index in [0.717, 1.165) is 36.4 Å². The highest BCUT2D eigenvalue weighted by atomic mass is 16.5. The normalized spacial score (nSPS) is 16.3. The zero-order valence-corrected chi connectivity index (χ0v) is 10.3. The van der Waals surface area contributed by atoms with E-state index in [2.05, 4.69) is 0 Å². The summed E-state index contributed by atoms with van der Waals surface area (Å²) in [6.45, 7) is 2.47. The highest BCUT2D eigenvalue weighted by Gasteiger charge is 2.24. The van der Waals surface area contributed by atoms with E-state index in [-0.39, 0.29) is 5.91 Å². The summed E-state index contributed by atoms with van der Waals surface area (Å²) in [5.41, 5.74) is 7.79. The largest absolute Gasteiger partial charge is 0.497 e. The van der Waals surface area contributed by atoms with Crippen molar-refractivity contribution >= 4 is 11.6 Å². The van der Waals surface area contributed by atoms with Gasteiger partial charge >= 0.3 is 0 Å². The van der Waals surface area contributed by atoms with Crippen LogP contribution < -0.4 is 15.4 Å². The molecule has 0 spiro atoms. The van der Waals surface area contributed by atoms with Gasteiger partial charge in [0.1, 0.15) is 5.75 Å². The second-order valence-corrected chi connectivity index (χ2v) is 4.38. The summed E-state index contributed by atoms with van der Waals surface area (Å²) in [5.74, 6) is 0.815. The van der Waals surface area contributed by atoms with Gasteiger partial charge in [-0.25, -0.2) is 0 Å². The standard InChI is InChI=1S/C13H18N2O2/c1-9(14)13(16)15-7-3-4-10-8-11(17-2)5-6-12(10)15/h5-6,8-9H,3-4,7,14H2,1-2H3/t9-/m1/s1. The average molecular weight is 234 g/mol. The molecule has 1 aliphatic heterocycles. The number of rotatable bonds is 2. The fourth-order valence-corrected chi connectivity index (χ4v) is 2.18. The number of benzene rings is 1. The fraction of sp³-hybridized carbons (Fsp3) is 0.462. The molecule has 2 rings (SSSR count). The highest BCUT2D eigenvalue weighted by Crippen LogP contribution is 2.30. The van der Waals surface area contributed by atoms with Crippen LogP contribution in [0.1, 0.15) is 18.9 Å². The van der Waals surface area contributed by atoms with Crippen molar-refractivity contribution in [1.29, 1.82) is 0 Å². The molecule has 0 aromatic heterocycles. The molecule has 2 N–H and O–H groups in total. The van der Waals surface area contributed by atoms with Crippen LogP contribution in [0, 0.1) is 0 Å². The third kappa shape index (κ3) is 2.26. The Bertz CT molecular complexity index is 429. The molecule has 0 radical (unpaired) electrons. The van der Waals surface area contributed by atoms with Crippen LogP contribution in [0.5, 0.6) is 5.75 Å². The van der Waals surface area contributed by atoms with Crippen molar-refractivity contribution in [3.8, 4) is 5.75 Å². The third-order valence-corrected chi connectivity index (χ3v) is 3.06. The molecule has 4 heteroatoms. The molecule has 0 bridgehead atoms. The van der Waals surface area contributed by atoms with E-state index in [0.29, 0.717) is 0 Å². The first-order valence-corrected chi connectivity index (χ1v) is 5.87. The number of nitrogens with two attached hydrogens (primary N) is 1. The van der Waals surface area contributed by atoms with Gasteiger partial charge in [0, 0.05) is 12.2 Å². The van der Waals surface area contributed by atoms with E-state index in [9.17, 15) is 4.79 Å². The number of hydrogen-bond acceptors (Lipinski definition) is 3. The van der Waals surface area contributed by atoms with Crippen LogP contribution in [0.2, 0.25) is 0 Å². The molecule has 1 heterocycles. The molecule has 0 saturated heterocycles. The number of aryl methyl sites for hydroxylation is 1. The molecular formula is C13H18N2O2. The second-order valence-electron chi connectivity index (χ2n) is 4.38. The monoisotopic (exact) mass is 234 g/mol. The van der Waals surface area contributed by atoms with Crippen molar-refractivity contribution in [2.45, 2.75) is 25.8 Å². The summed E-state index contributed by atoms with van der Waals surface area (Å²) in [7, 11) is 1.65. The van der Waals surface area contributed by atoms with Crippen LogP contribution in [0.3, 0.4) is 0 Å². The summed E-state index contributed by atoms with van der Waals surface area (Å²) >= 11 is 0. The Balaban J connectivity index is 2.35. The van der Waals surface area contributed by atoms with Crippen LogP contribution in [-0.4, -0.2) is 25.6 Å². The topological polar surface area (TPSA) is 55.6 Å². The maximum Gasteiger partial charge on any atom is 0.243 e. The van der Waals surface area contributed by atoms with Crippen LogP contribution in [0.25, 0.3) is 0 Å². The Morgan fingerprint density at radius 3 is 2.94 bits per heavy atom. The quantitative estimate of drug-likeness (QED) is 0.839. The number of nitrogens with zero attached hydrogens (tertiary/aromatic N) is 1. The van der Waals surface area contributed by atoms with Gasteiger partial charge < -0.3 is 15.4 Å². The summed E-state index contributed by atoms with van der Waals surface area (Å²) in [6, 6.07) is 5.36. The Morgan fingerprint density at radius 2 is 2.29 bits per heavy atom. The molecule has 1 aromatic rings. The van der Waals surface area contributed by atoms with Crippen LogP contribution >= 0.6 is 0 Å². The number of anilines is 1. The van der Waals surface area contributed by atoms with E-state index >= 15 is 0 Å². The number of ether oxygens (including phenoxy) is 1. The smallest absolute Gasteiger partial charge is 0.243 e. The summed E-state index contributed by atoms with van der Waals surface area (Å²) in [6.07, 6.45) is 1.95. The SMILES string of the molecule is COc1ccc2c(c1)CCCN2C(=O)[C@@H](C)N. The molecule has 92 valence electrons. The van der Waals surface area contributed by atoms with E-state index in [1.54, 1.807) is 18.9 Å². The van der Waals surface area contributed by atoms with Gasteiger partial charge in [-0.2, -0.15) is 0 Å². The number of amides is 1. The van der Waals surface area contributed by atoms with E-state index in [4.69, 9.17) is 10.5 Å². The van der Waals surface area contributed by atoms with Gasteiger partial charge in [0.05, 0.1) is 13.2 Å². The number of methoxy groups -OCH3 is 1. The van der Waals surface area contributed by atoms with Gasteiger partial charge in [0.25, 0.3) is 0 Å². The molecule has 0 saturated carbocycles. The van der Waals surface area contributed by atoms with Crippen molar-refractivity contribution < 1.29 is 9.53 Å². The van der Waals surface area contributed by atoms with Crippen molar-refractivity contribution in [3.63, 3.8) is 0 Å². The number of hydrogen-bond donors (Lipinski definition) is 1. The lowest BCUT2D eigenvalue weighted by atomic mass is 10.0. The minimum atomic E-state index is -0.456. The first kappa shape index (κ1) is 11.9. The lowest BCUT2D eigenvalue weighted by Gasteiger charge is -2.30. The van der Waals surface area contributed by atoms with Crippen LogP contribution in [0.15, 0.2) is 18.2 Å². The van der Waals surface area contributed by atoms with Crippen molar-refractivity contribution in [2.75, 3.05) is 18.6 Å². The summed E-state index contributed by atoms with van der Waals surface area (Å²) in [5, 5.41) is 0. The summed E-state index contributed by atoms with van der Waals surface area (Å²) < 4.78 is 5.20. The molecule has 0 fully saturated rings. The van der Waals surface area contributed by atoms with Crippen LogP contribution in [-0.2, 0) is 11.2 Å². The van der Waals surface area contributed by atoms with Gasteiger partial charge in [0.2, 0.25) is 5.91 Å². The number of carbonyl (C=O) groups is 1. The Hall–Kier alpha value is -1.55. The van der Waals surface area contributed by atoms with Gasteiger partial charge in [0.15, 0.2) is 0 Å². The van der Waals surface area contributed by atoms with Gasteiger partial charge in [-0.15, -0.1) is 0 Å². The van der Waals surface area contributed by atoms with Gasteiger partial charge in [-0.1, -0.05) is 0 Å². The number of fused-ring (bicyclic) bond motifs is 1. The maximum atomic E-state index is 12.0. The molecule has 17 heavy (non-hydrogen) atoms. The van der Waals surface area contributed by atoms with Gasteiger partial charge in [-0.3, -0.25) is 4.79 Å². The zero-order chi connectivity index (χ0) is 12.4. The van der Waals surface area contributed by atoms with E-state index in [1.807, 2.05) is 18.2 Å². The van der Waals surface area contributed by atoms with E-state index < -0.39 is 6.04 Å². The third-order valence-electron chi connectivity index (χ3n) is 3.06. The Labute approximate surface area is 101 Å². The minimum absolute atomic E-state index is 0.0175. The molecule has 1 atom stereocenters. The molecule has 4 nitrogen and oxygen atoms in total. The van der Waals surface area contributed by atoms with Crippen molar-refractivity contribution in [2.24, 2.45) is 5.73 Å². The first-order chi connectivity index (χ1) is 8.13. The maximum absolute atomic E-state index is 12.0. The molecule has 1 aliphatic rings. The lowest BCUT2D eigenvalue weighted by Crippen LogP contribution is -2.44. The molecule has 1 amide bonds. The van der Waals surface area contributed by atoms with Crippen molar-refractivity contribution in [3.05, 3.63) is 23.8 Å². The molecule has 0 aliphatic carbocycles. The lowest BCUT2D eigenvalue weighted by molar-refractivity contribution is -0.119.